The van der Waals surface area contributed by atoms with E-state index in [1.165, 1.54) is 11.1 Å². The van der Waals surface area contributed by atoms with Gasteiger partial charge in [0.2, 0.25) is 0 Å². The lowest BCUT2D eigenvalue weighted by atomic mass is 9.85. The second-order valence-corrected chi connectivity index (χ2v) is 10.4. The number of aryl methyl sites for hydroxylation is 2. The highest BCUT2D eigenvalue weighted by Crippen LogP contribution is 2.47. The summed E-state index contributed by atoms with van der Waals surface area (Å²) in [4.78, 5) is 0. The van der Waals surface area contributed by atoms with Gasteiger partial charge in [0.1, 0.15) is 0 Å². The van der Waals surface area contributed by atoms with Crippen LogP contribution in [0.4, 0.5) is 11.4 Å². The standard InChI is InChI=1S/C38H32N2/c1-25-11-9-17-29(23-25)35-31(27-13-5-3-6-14-27)19-21-33(37(35)39)34-22-20-32(28-15-7-4-8-16-28)36(38(34)40)30-18-10-12-26(2)24-30/h3-24H,39-40H2,1-2H3. The zero-order valence-electron chi connectivity index (χ0n) is 22.9. The van der Waals surface area contributed by atoms with Crippen molar-refractivity contribution in [3.05, 3.63) is 145 Å². The van der Waals surface area contributed by atoms with Crippen molar-refractivity contribution in [1.29, 1.82) is 0 Å². The van der Waals surface area contributed by atoms with Gasteiger partial charge < -0.3 is 11.5 Å². The maximum atomic E-state index is 7.11. The Balaban J connectivity index is 1.63. The van der Waals surface area contributed by atoms with Crippen LogP contribution in [0.2, 0.25) is 0 Å². The fraction of sp³-hybridized carbons (Fsp3) is 0.0526. The molecule has 0 atom stereocenters. The number of nitrogens with two attached hydrogens (primary N) is 2. The van der Waals surface area contributed by atoms with E-state index >= 15 is 0 Å². The lowest BCUT2D eigenvalue weighted by molar-refractivity contribution is 1.46. The third kappa shape index (κ3) is 4.65. The van der Waals surface area contributed by atoms with Crippen molar-refractivity contribution >= 4 is 11.4 Å². The highest BCUT2D eigenvalue weighted by Gasteiger charge is 2.20. The van der Waals surface area contributed by atoms with Crippen LogP contribution in [0, 0.1) is 13.8 Å². The van der Waals surface area contributed by atoms with Crippen molar-refractivity contribution < 1.29 is 0 Å². The Bertz CT molecular complexity index is 1680. The molecule has 0 fully saturated rings. The summed E-state index contributed by atoms with van der Waals surface area (Å²) in [6.07, 6.45) is 0. The zero-order valence-corrected chi connectivity index (χ0v) is 22.9. The second kappa shape index (κ2) is 10.6. The van der Waals surface area contributed by atoms with Crippen molar-refractivity contribution in [3.63, 3.8) is 0 Å². The summed E-state index contributed by atoms with van der Waals surface area (Å²) < 4.78 is 0. The molecule has 0 aliphatic rings. The maximum Gasteiger partial charge on any atom is 0.0480 e. The van der Waals surface area contributed by atoms with E-state index in [-0.39, 0.29) is 0 Å². The van der Waals surface area contributed by atoms with Crippen LogP contribution in [0.25, 0.3) is 55.6 Å². The molecule has 2 nitrogen and oxygen atoms in total. The summed E-state index contributed by atoms with van der Waals surface area (Å²) in [6, 6.07) is 46.5. The van der Waals surface area contributed by atoms with E-state index < -0.39 is 0 Å². The summed E-state index contributed by atoms with van der Waals surface area (Å²) >= 11 is 0. The van der Waals surface area contributed by atoms with E-state index in [4.69, 9.17) is 11.5 Å². The van der Waals surface area contributed by atoms with Crippen LogP contribution >= 0.6 is 0 Å². The normalized spacial score (nSPS) is 10.9. The van der Waals surface area contributed by atoms with Gasteiger partial charge in [-0.1, -0.05) is 145 Å². The van der Waals surface area contributed by atoms with Gasteiger partial charge >= 0.3 is 0 Å². The topological polar surface area (TPSA) is 52.0 Å². The van der Waals surface area contributed by atoms with Crippen LogP contribution in [0.15, 0.2) is 133 Å². The Morgan fingerprint density at radius 3 is 1.07 bits per heavy atom. The summed E-state index contributed by atoms with van der Waals surface area (Å²) in [6.45, 7) is 4.22. The van der Waals surface area contributed by atoms with Crippen molar-refractivity contribution in [2.45, 2.75) is 13.8 Å². The molecule has 0 saturated carbocycles. The Morgan fingerprint density at radius 1 is 0.350 bits per heavy atom. The first-order valence-electron chi connectivity index (χ1n) is 13.6. The molecule has 0 unspecified atom stereocenters. The molecule has 194 valence electrons. The average Bonchev–Trinajstić information content (AvgIpc) is 2.98. The van der Waals surface area contributed by atoms with Gasteiger partial charge in [0.25, 0.3) is 0 Å². The molecule has 6 aromatic carbocycles. The van der Waals surface area contributed by atoms with Crippen LogP contribution in [0.3, 0.4) is 0 Å². The molecular formula is C38H32N2. The van der Waals surface area contributed by atoms with Crippen LogP contribution in [0.5, 0.6) is 0 Å². The molecule has 0 bridgehead atoms. The third-order valence-corrected chi connectivity index (χ3v) is 7.56. The van der Waals surface area contributed by atoms with Crippen LogP contribution in [-0.2, 0) is 0 Å². The largest absolute Gasteiger partial charge is 0.398 e. The van der Waals surface area contributed by atoms with Gasteiger partial charge in [0.15, 0.2) is 0 Å². The first-order chi connectivity index (χ1) is 19.5. The molecule has 2 heteroatoms. The molecule has 4 N–H and O–H groups in total. The molecule has 0 amide bonds. The van der Waals surface area contributed by atoms with E-state index in [2.05, 4.69) is 135 Å². The van der Waals surface area contributed by atoms with Crippen molar-refractivity contribution in [2.75, 3.05) is 11.5 Å². The number of nitrogen functional groups attached to an aromatic ring is 2. The first kappa shape index (κ1) is 25.2. The molecule has 0 heterocycles. The maximum absolute atomic E-state index is 7.11. The molecule has 6 aromatic rings. The Kier molecular flexibility index (Phi) is 6.67. The predicted molar refractivity (Wildman–Crippen MR) is 172 cm³/mol. The number of rotatable bonds is 5. The molecule has 0 saturated heterocycles. The first-order valence-corrected chi connectivity index (χ1v) is 13.6. The number of hydrogen-bond acceptors (Lipinski definition) is 2. The van der Waals surface area contributed by atoms with E-state index in [1.54, 1.807) is 0 Å². The Labute approximate surface area is 236 Å². The second-order valence-electron chi connectivity index (χ2n) is 10.4. The highest BCUT2D eigenvalue weighted by atomic mass is 14.6. The zero-order chi connectivity index (χ0) is 27.6. The molecule has 0 aliphatic carbocycles. The molecule has 0 aromatic heterocycles. The van der Waals surface area contributed by atoms with E-state index in [9.17, 15) is 0 Å². The Hall–Kier alpha value is -5.08. The minimum absolute atomic E-state index is 0.723. The van der Waals surface area contributed by atoms with Crippen molar-refractivity contribution in [2.24, 2.45) is 0 Å². The lowest BCUT2D eigenvalue weighted by Crippen LogP contribution is -2.01. The molecule has 0 spiro atoms. The fourth-order valence-electron chi connectivity index (χ4n) is 5.65. The number of hydrogen-bond donors (Lipinski definition) is 2. The third-order valence-electron chi connectivity index (χ3n) is 7.56. The van der Waals surface area contributed by atoms with Crippen LogP contribution in [0.1, 0.15) is 11.1 Å². The quantitative estimate of drug-likeness (QED) is 0.224. The SMILES string of the molecule is Cc1cccc(-c2c(-c3ccccc3)ccc(-c3ccc(-c4ccccc4)c(-c4cccc(C)c4)c3N)c2N)c1. The smallest absolute Gasteiger partial charge is 0.0480 e. The summed E-state index contributed by atoms with van der Waals surface area (Å²) in [7, 11) is 0. The highest BCUT2D eigenvalue weighted by molar-refractivity contribution is 6.04. The fourth-order valence-corrected chi connectivity index (χ4v) is 5.65. The van der Waals surface area contributed by atoms with Gasteiger partial charge in [-0.25, -0.2) is 0 Å². The molecule has 0 aliphatic heterocycles. The van der Waals surface area contributed by atoms with E-state index in [0.29, 0.717) is 0 Å². The van der Waals surface area contributed by atoms with Crippen molar-refractivity contribution in [3.8, 4) is 55.6 Å². The van der Waals surface area contributed by atoms with Gasteiger partial charge in [0.05, 0.1) is 0 Å². The monoisotopic (exact) mass is 516 g/mol. The average molecular weight is 517 g/mol. The van der Waals surface area contributed by atoms with E-state index in [1.807, 2.05) is 12.1 Å². The van der Waals surface area contributed by atoms with E-state index in [0.717, 1.165) is 67.0 Å². The van der Waals surface area contributed by atoms with Gasteiger partial charge in [-0.05, 0) is 47.2 Å². The minimum atomic E-state index is 0.723. The van der Waals surface area contributed by atoms with Gasteiger partial charge in [-0.15, -0.1) is 0 Å². The molecule has 6 rings (SSSR count). The summed E-state index contributed by atoms with van der Waals surface area (Å²) in [5.74, 6) is 0. The van der Waals surface area contributed by atoms with Gasteiger partial charge in [-0.2, -0.15) is 0 Å². The van der Waals surface area contributed by atoms with Crippen LogP contribution in [-0.4, -0.2) is 0 Å². The molecule has 40 heavy (non-hydrogen) atoms. The van der Waals surface area contributed by atoms with Crippen molar-refractivity contribution in [1.82, 2.24) is 0 Å². The lowest BCUT2D eigenvalue weighted by Gasteiger charge is -2.21. The van der Waals surface area contributed by atoms with Crippen LogP contribution < -0.4 is 11.5 Å². The summed E-state index contributed by atoms with van der Waals surface area (Å²) in [5, 5.41) is 0. The summed E-state index contributed by atoms with van der Waals surface area (Å²) in [5.41, 5.74) is 28.6. The molecule has 0 radical (unpaired) electrons. The predicted octanol–water partition coefficient (Wildman–Crippen LogP) is 9.80. The Morgan fingerprint density at radius 2 is 0.700 bits per heavy atom. The number of benzene rings is 6. The minimum Gasteiger partial charge on any atom is -0.398 e. The molecular weight excluding hydrogens is 484 g/mol. The van der Waals surface area contributed by atoms with Gasteiger partial charge in [0, 0.05) is 33.6 Å². The van der Waals surface area contributed by atoms with Gasteiger partial charge in [-0.3, -0.25) is 0 Å². The number of anilines is 2.